The maximum atomic E-state index is 12.8. The molecule has 0 aliphatic carbocycles. The fraction of sp³-hybridized carbons (Fsp3) is 0.273. The van der Waals surface area contributed by atoms with Crippen LogP contribution in [0.4, 0.5) is 11.5 Å². The van der Waals surface area contributed by atoms with Gasteiger partial charge in [-0.05, 0) is 62.9 Å². The van der Waals surface area contributed by atoms with Crippen molar-refractivity contribution in [1.29, 1.82) is 0 Å². The lowest BCUT2D eigenvalue weighted by molar-refractivity contribution is 0.102. The number of nitrogens with zero attached hydrogens (tertiary/aromatic N) is 2. The van der Waals surface area contributed by atoms with Gasteiger partial charge in [0.1, 0.15) is 0 Å². The zero-order chi connectivity index (χ0) is 21.3. The van der Waals surface area contributed by atoms with Crippen LogP contribution >= 0.6 is 0 Å². The minimum Gasteiger partial charge on any atom is -0.305 e. The number of amides is 1. The standard InChI is InChI=1S/C22H24N4O3S/c1-15-6-9-17(10-7-15)25-30(28,29)19-11-8-16(2)20(14-19)22(27)23-21-13-18-5-3-4-12-26(18)24-21/h6-11,13-14,25H,3-5,12H2,1-2H3,(H,23,24,27). The zero-order valence-corrected chi connectivity index (χ0v) is 17.8. The van der Waals surface area contributed by atoms with E-state index < -0.39 is 10.0 Å². The summed E-state index contributed by atoms with van der Waals surface area (Å²) >= 11 is 0. The third-order valence-corrected chi connectivity index (χ3v) is 6.60. The molecule has 1 aromatic heterocycles. The summed E-state index contributed by atoms with van der Waals surface area (Å²) in [5.41, 5.74) is 3.59. The van der Waals surface area contributed by atoms with Gasteiger partial charge in [0, 0.05) is 29.6 Å². The van der Waals surface area contributed by atoms with Crippen LogP contribution in [0, 0.1) is 13.8 Å². The molecule has 1 aliphatic heterocycles. The topological polar surface area (TPSA) is 93.1 Å². The van der Waals surface area contributed by atoms with Crippen molar-refractivity contribution in [2.75, 3.05) is 10.0 Å². The number of aryl methyl sites for hydroxylation is 4. The number of carbonyl (C=O) groups excluding carboxylic acids is 1. The van der Waals surface area contributed by atoms with Crippen LogP contribution in [0.5, 0.6) is 0 Å². The Balaban J connectivity index is 1.57. The molecule has 156 valence electrons. The summed E-state index contributed by atoms with van der Waals surface area (Å²) in [5, 5.41) is 7.24. The molecule has 0 spiro atoms. The molecule has 2 aromatic carbocycles. The zero-order valence-electron chi connectivity index (χ0n) is 17.0. The van der Waals surface area contributed by atoms with Crippen LogP contribution in [0.3, 0.4) is 0 Å². The molecule has 7 nitrogen and oxygen atoms in total. The van der Waals surface area contributed by atoms with E-state index >= 15 is 0 Å². The molecule has 4 rings (SSSR count). The van der Waals surface area contributed by atoms with Crippen molar-refractivity contribution < 1.29 is 13.2 Å². The van der Waals surface area contributed by atoms with Crippen LogP contribution in [0.15, 0.2) is 53.4 Å². The second-order valence-corrected chi connectivity index (χ2v) is 9.29. The lowest BCUT2D eigenvalue weighted by Crippen LogP contribution is -2.17. The molecule has 1 aliphatic rings. The lowest BCUT2D eigenvalue weighted by Gasteiger charge is -2.12. The highest BCUT2D eigenvalue weighted by Crippen LogP contribution is 2.22. The van der Waals surface area contributed by atoms with E-state index in [9.17, 15) is 13.2 Å². The van der Waals surface area contributed by atoms with Crippen LogP contribution in [0.1, 0.15) is 40.0 Å². The molecule has 8 heteroatoms. The van der Waals surface area contributed by atoms with Crippen molar-refractivity contribution >= 4 is 27.4 Å². The van der Waals surface area contributed by atoms with E-state index in [1.54, 1.807) is 25.1 Å². The number of anilines is 2. The van der Waals surface area contributed by atoms with Crippen molar-refractivity contribution in [2.24, 2.45) is 0 Å². The van der Waals surface area contributed by atoms with Gasteiger partial charge in [0.2, 0.25) is 0 Å². The first-order chi connectivity index (χ1) is 14.3. The molecule has 0 saturated heterocycles. The molecular formula is C22H24N4O3S. The number of hydrogen-bond donors (Lipinski definition) is 2. The average Bonchev–Trinajstić information content (AvgIpc) is 3.12. The van der Waals surface area contributed by atoms with Gasteiger partial charge in [-0.1, -0.05) is 23.8 Å². The number of rotatable bonds is 5. The highest BCUT2D eigenvalue weighted by molar-refractivity contribution is 7.92. The molecule has 0 unspecified atom stereocenters. The van der Waals surface area contributed by atoms with E-state index in [2.05, 4.69) is 15.1 Å². The molecule has 0 bridgehead atoms. The molecular weight excluding hydrogens is 400 g/mol. The summed E-state index contributed by atoms with van der Waals surface area (Å²) in [6.45, 7) is 4.55. The van der Waals surface area contributed by atoms with Gasteiger partial charge in [-0.3, -0.25) is 14.2 Å². The fourth-order valence-corrected chi connectivity index (χ4v) is 4.60. The maximum absolute atomic E-state index is 12.8. The molecule has 2 N–H and O–H groups in total. The Morgan fingerprint density at radius 2 is 1.80 bits per heavy atom. The lowest BCUT2D eigenvalue weighted by atomic mass is 10.1. The van der Waals surface area contributed by atoms with Crippen LogP contribution in [-0.4, -0.2) is 24.1 Å². The molecule has 30 heavy (non-hydrogen) atoms. The third-order valence-electron chi connectivity index (χ3n) is 5.23. The Kier molecular flexibility index (Phi) is 5.34. The Labute approximate surface area is 176 Å². The van der Waals surface area contributed by atoms with Crippen LogP contribution in [0.25, 0.3) is 0 Å². The first kappa shape index (κ1) is 20.2. The van der Waals surface area contributed by atoms with Gasteiger partial charge in [0.05, 0.1) is 4.90 Å². The minimum absolute atomic E-state index is 0.0305. The number of sulfonamides is 1. The Morgan fingerprint density at radius 3 is 2.53 bits per heavy atom. The van der Waals surface area contributed by atoms with E-state index in [-0.39, 0.29) is 10.8 Å². The second-order valence-electron chi connectivity index (χ2n) is 7.60. The van der Waals surface area contributed by atoms with Crippen molar-refractivity contribution in [3.05, 3.63) is 70.9 Å². The Bertz CT molecular complexity index is 1170. The second kappa shape index (κ2) is 7.95. The highest BCUT2D eigenvalue weighted by Gasteiger charge is 2.20. The third kappa shape index (κ3) is 4.23. The SMILES string of the molecule is Cc1ccc(NS(=O)(=O)c2ccc(C)c(C(=O)Nc3cc4n(n3)CCCC4)c2)cc1. The Hall–Kier alpha value is -3.13. The van der Waals surface area contributed by atoms with Gasteiger partial charge in [-0.15, -0.1) is 0 Å². The van der Waals surface area contributed by atoms with Crippen LogP contribution in [-0.2, 0) is 23.0 Å². The Morgan fingerprint density at radius 1 is 1.03 bits per heavy atom. The molecule has 2 heterocycles. The van der Waals surface area contributed by atoms with E-state index in [4.69, 9.17) is 0 Å². The fourth-order valence-electron chi connectivity index (χ4n) is 3.51. The van der Waals surface area contributed by atoms with Gasteiger partial charge in [-0.2, -0.15) is 5.10 Å². The minimum atomic E-state index is -3.82. The van der Waals surface area contributed by atoms with E-state index in [0.717, 1.165) is 37.1 Å². The van der Waals surface area contributed by atoms with Crippen LogP contribution < -0.4 is 10.0 Å². The largest absolute Gasteiger partial charge is 0.305 e. The smallest absolute Gasteiger partial charge is 0.261 e. The normalized spacial score (nSPS) is 13.5. The molecule has 3 aromatic rings. The van der Waals surface area contributed by atoms with E-state index in [1.165, 1.54) is 12.1 Å². The molecule has 0 fully saturated rings. The molecule has 0 atom stereocenters. The van der Waals surface area contributed by atoms with Gasteiger partial charge in [0.25, 0.3) is 15.9 Å². The molecule has 0 radical (unpaired) electrons. The van der Waals surface area contributed by atoms with E-state index in [0.29, 0.717) is 22.6 Å². The van der Waals surface area contributed by atoms with E-state index in [1.807, 2.05) is 29.8 Å². The van der Waals surface area contributed by atoms with Crippen molar-refractivity contribution in [2.45, 2.75) is 44.6 Å². The molecule has 1 amide bonds. The first-order valence-corrected chi connectivity index (χ1v) is 11.4. The van der Waals surface area contributed by atoms with Crippen LogP contribution in [0.2, 0.25) is 0 Å². The summed E-state index contributed by atoms with van der Waals surface area (Å²) < 4.78 is 30.1. The van der Waals surface area contributed by atoms with Crippen molar-refractivity contribution in [1.82, 2.24) is 9.78 Å². The number of hydrogen-bond acceptors (Lipinski definition) is 4. The highest BCUT2D eigenvalue weighted by atomic mass is 32.2. The summed E-state index contributed by atoms with van der Waals surface area (Å²) in [6.07, 6.45) is 3.14. The number of fused-ring (bicyclic) bond motifs is 1. The summed E-state index contributed by atoms with van der Waals surface area (Å²) in [7, 11) is -3.82. The number of carbonyl (C=O) groups is 1. The first-order valence-electron chi connectivity index (χ1n) is 9.90. The summed E-state index contributed by atoms with van der Waals surface area (Å²) in [5.74, 6) is 0.109. The number of benzene rings is 2. The monoisotopic (exact) mass is 424 g/mol. The van der Waals surface area contributed by atoms with Gasteiger partial charge >= 0.3 is 0 Å². The van der Waals surface area contributed by atoms with Crippen molar-refractivity contribution in [3.8, 4) is 0 Å². The number of aromatic nitrogens is 2. The van der Waals surface area contributed by atoms with Gasteiger partial charge < -0.3 is 5.32 Å². The van der Waals surface area contributed by atoms with Gasteiger partial charge in [0.15, 0.2) is 5.82 Å². The molecule has 0 saturated carbocycles. The van der Waals surface area contributed by atoms with Crippen molar-refractivity contribution in [3.63, 3.8) is 0 Å². The summed E-state index contributed by atoms with van der Waals surface area (Å²) in [4.78, 5) is 12.9. The maximum Gasteiger partial charge on any atom is 0.261 e. The predicted octanol–water partition coefficient (Wildman–Crippen LogP) is 3.89. The average molecular weight is 425 g/mol. The van der Waals surface area contributed by atoms with Gasteiger partial charge in [-0.25, -0.2) is 8.42 Å². The quantitative estimate of drug-likeness (QED) is 0.650. The number of nitrogens with one attached hydrogen (secondary N) is 2. The summed E-state index contributed by atoms with van der Waals surface area (Å²) in [6, 6.07) is 13.5. The predicted molar refractivity (Wildman–Crippen MR) is 116 cm³/mol.